The van der Waals surface area contributed by atoms with E-state index in [4.69, 9.17) is 0 Å². The van der Waals surface area contributed by atoms with E-state index in [1.54, 1.807) is 12.1 Å². The summed E-state index contributed by atoms with van der Waals surface area (Å²) in [6, 6.07) is 6.50. The molecule has 1 unspecified atom stereocenters. The Kier molecular flexibility index (Phi) is 5.72. The fourth-order valence-electron chi connectivity index (χ4n) is 3.93. The Morgan fingerprint density at radius 3 is 2.19 bits per heavy atom. The summed E-state index contributed by atoms with van der Waals surface area (Å²) in [4.78, 5) is 31.5. The first kappa shape index (κ1) is 19.6. The van der Waals surface area contributed by atoms with E-state index < -0.39 is 5.41 Å². The van der Waals surface area contributed by atoms with Crippen molar-refractivity contribution in [3.8, 4) is 0 Å². The summed E-state index contributed by atoms with van der Waals surface area (Å²) < 4.78 is 13.1. The number of likely N-dealkylation sites (tertiary alicyclic amines) is 1. The quantitative estimate of drug-likeness (QED) is 0.798. The fourth-order valence-corrected chi connectivity index (χ4v) is 3.93. The van der Waals surface area contributed by atoms with E-state index in [2.05, 4.69) is 4.90 Å². The number of carbonyl (C=O) groups excluding carboxylic acids is 2. The van der Waals surface area contributed by atoms with Crippen LogP contribution < -0.4 is 4.90 Å². The minimum Gasteiger partial charge on any atom is -0.368 e. The van der Waals surface area contributed by atoms with Gasteiger partial charge in [0.1, 0.15) is 5.82 Å². The smallest absolute Gasteiger partial charge is 0.227 e. The van der Waals surface area contributed by atoms with E-state index in [0.29, 0.717) is 19.6 Å². The predicted octanol–water partition coefficient (Wildman–Crippen LogP) is 2.76. The number of hydrogen-bond donors (Lipinski definition) is 0. The zero-order chi connectivity index (χ0) is 19.6. The number of halogens is 1. The summed E-state index contributed by atoms with van der Waals surface area (Å²) in [7, 11) is 0. The second kappa shape index (κ2) is 7.87. The molecule has 0 N–H and O–H groups in total. The van der Waals surface area contributed by atoms with Gasteiger partial charge in [0, 0.05) is 50.4 Å². The maximum atomic E-state index is 13.1. The highest BCUT2D eigenvalue weighted by atomic mass is 19.1. The zero-order valence-corrected chi connectivity index (χ0v) is 16.6. The molecule has 0 spiro atoms. The number of piperidine rings is 1. The second-order valence-electron chi connectivity index (χ2n) is 8.63. The molecule has 2 saturated heterocycles. The molecule has 1 aromatic carbocycles. The summed E-state index contributed by atoms with van der Waals surface area (Å²) in [5, 5.41) is 0. The van der Waals surface area contributed by atoms with E-state index in [0.717, 1.165) is 38.2 Å². The van der Waals surface area contributed by atoms with Crippen molar-refractivity contribution in [3.05, 3.63) is 30.1 Å². The van der Waals surface area contributed by atoms with E-state index in [-0.39, 0.29) is 23.5 Å². The Labute approximate surface area is 161 Å². The molecule has 2 aliphatic rings. The van der Waals surface area contributed by atoms with Crippen molar-refractivity contribution in [2.24, 2.45) is 11.3 Å². The summed E-state index contributed by atoms with van der Waals surface area (Å²) in [6.45, 7) is 9.88. The third kappa shape index (κ3) is 4.60. The lowest BCUT2D eigenvalue weighted by Gasteiger charge is -2.40. The molecule has 2 aliphatic heterocycles. The third-order valence-electron chi connectivity index (χ3n) is 5.48. The molecule has 5 nitrogen and oxygen atoms in total. The molecular formula is C21H30FN3O2. The maximum absolute atomic E-state index is 13.1. The van der Waals surface area contributed by atoms with Crippen LogP contribution in [0.3, 0.4) is 0 Å². The normalized spacial score (nSPS) is 21.3. The van der Waals surface area contributed by atoms with Crippen LogP contribution in [0.2, 0.25) is 0 Å². The van der Waals surface area contributed by atoms with Crippen molar-refractivity contribution in [3.63, 3.8) is 0 Å². The van der Waals surface area contributed by atoms with Gasteiger partial charge in [-0.25, -0.2) is 4.39 Å². The van der Waals surface area contributed by atoms with E-state index >= 15 is 0 Å². The molecule has 0 bridgehead atoms. The summed E-state index contributed by atoms with van der Waals surface area (Å²) in [6.07, 6.45) is 1.73. The Morgan fingerprint density at radius 1 is 0.963 bits per heavy atom. The third-order valence-corrected chi connectivity index (χ3v) is 5.48. The van der Waals surface area contributed by atoms with Crippen LogP contribution >= 0.6 is 0 Å². The SMILES string of the molecule is CC(C)(C)C(=O)N1CCCC(C(=O)N2CCN(c3ccc(F)cc3)CC2)C1. The lowest BCUT2D eigenvalue weighted by atomic mass is 9.90. The van der Waals surface area contributed by atoms with Crippen LogP contribution in [0.15, 0.2) is 24.3 Å². The Morgan fingerprint density at radius 2 is 1.59 bits per heavy atom. The number of rotatable bonds is 2. The van der Waals surface area contributed by atoms with Gasteiger partial charge in [0.15, 0.2) is 0 Å². The summed E-state index contributed by atoms with van der Waals surface area (Å²) >= 11 is 0. The predicted molar refractivity (Wildman–Crippen MR) is 104 cm³/mol. The van der Waals surface area contributed by atoms with Crippen molar-refractivity contribution in [1.82, 2.24) is 9.80 Å². The number of anilines is 1. The van der Waals surface area contributed by atoms with Crippen LogP contribution in [0.4, 0.5) is 10.1 Å². The molecule has 0 radical (unpaired) electrons. The number of amides is 2. The number of carbonyl (C=O) groups is 2. The second-order valence-corrected chi connectivity index (χ2v) is 8.63. The van der Waals surface area contributed by atoms with E-state index in [1.807, 2.05) is 30.6 Å². The Bertz CT molecular complexity index is 676. The average molecular weight is 375 g/mol. The largest absolute Gasteiger partial charge is 0.368 e. The molecule has 148 valence electrons. The first-order chi connectivity index (χ1) is 12.8. The van der Waals surface area contributed by atoms with Crippen LogP contribution in [-0.2, 0) is 9.59 Å². The fraction of sp³-hybridized carbons (Fsp3) is 0.619. The maximum Gasteiger partial charge on any atom is 0.227 e. The highest BCUT2D eigenvalue weighted by Gasteiger charge is 2.35. The van der Waals surface area contributed by atoms with Gasteiger partial charge in [0.25, 0.3) is 0 Å². The van der Waals surface area contributed by atoms with Gasteiger partial charge in [-0.1, -0.05) is 20.8 Å². The Balaban J connectivity index is 1.55. The number of hydrogen-bond acceptors (Lipinski definition) is 3. The van der Waals surface area contributed by atoms with Crippen molar-refractivity contribution >= 4 is 17.5 Å². The van der Waals surface area contributed by atoms with Crippen LogP contribution in [0, 0.1) is 17.2 Å². The van der Waals surface area contributed by atoms with Crippen LogP contribution in [0.1, 0.15) is 33.6 Å². The molecule has 0 aromatic heterocycles. The molecule has 27 heavy (non-hydrogen) atoms. The molecule has 1 atom stereocenters. The standard InChI is InChI=1S/C21H30FN3O2/c1-21(2,3)20(27)25-10-4-5-16(15-25)19(26)24-13-11-23(12-14-24)18-8-6-17(22)7-9-18/h6-9,16H,4-5,10-15H2,1-3H3. The van der Waals surface area contributed by atoms with Crippen molar-refractivity contribution in [2.45, 2.75) is 33.6 Å². The van der Waals surface area contributed by atoms with Gasteiger partial charge in [-0.05, 0) is 37.1 Å². The highest BCUT2D eigenvalue weighted by Crippen LogP contribution is 2.25. The van der Waals surface area contributed by atoms with Gasteiger partial charge in [-0.2, -0.15) is 0 Å². The number of benzene rings is 1. The highest BCUT2D eigenvalue weighted by molar-refractivity contribution is 5.84. The topological polar surface area (TPSA) is 43.9 Å². The Hall–Kier alpha value is -2.11. The first-order valence-corrected chi connectivity index (χ1v) is 9.84. The molecule has 2 amide bonds. The van der Waals surface area contributed by atoms with Crippen molar-refractivity contribution < 1.29 is 14.0 Å². The van der Waals surface area contributed by atoms with Gasteiger partial charge in [-0.3, -0.25) is 9.59 Å². The first-order valence-electron chi connectivity index (χ1n) is 9.84. The van der Waals surface area contributed by atoms with Gasteiger partial charge in [0.2, 0.25) is 11.8 Å². The number of piperazine rings is 1. The van der Waals surface area contributed by atoms with Gasteiger partial charge in [-0.15, -0.1) is 0 Å². The van der Waals surface area contributed by atoms with E-state index in [1.165, 1.54) is 12.1 Å². The molecule has 6 heteroatoms. The summed E-state index contributed by atoms with van der Waals surface area (Å²) in [5.41, 5.74) is 0.578. The van der Waals surface area contributed by atoms with Crippen LogP contribution in [0.5, 0.6) is 0 Å². The zero-order valence-electron chi connectivity index (χ0n) is 16.6. The monoisotopic (exact) mass is 375 g/mol. The molecule has 0 aliphatic carbocycles. The molecule has 0 saturated carbocycles. The number of nitrogens with zero attached hydrogens (tertiary/aromatic N) is 3. The lowest BCUT2D eigenvalue weighted by molar-refractivity contribution is -0.145. The average Bonchev–Trinajstić information content (AvgIpc) is 2.67. The van der Waals surface area contributed by atoms with Crippen molar-refractivity contribution in [2.75, 3.05) is 44.2 Å². The van der Waals surface area contributed by atoms with Crippen LogP contribution in [0.25, 0.3) is 0 Å². The molecule has 2 heterocycles. The molecular weight excluding hydrogens is 345 g/mol. The molecule has 3 rings (SSSR count). The lowest BCUT2D eigenvalue weighted by Crippen LogP contribution is -2.54. The molecule has 1 aromatic rings. The molecule has 2 fully saturated rings. The van der Waals surface area contributed by atoms with E-state index in [9.17, 15) is 14.0 Å². The van der Waals surface area contributed by atoms with Gasteiger partial charge >= 0.3 is 0 Å². The van der Waals surface area contributed by atoms with Crippen molar-refractivity contribution in [1.29, 1.82) is 0 Å². The van der Waals surface area contributed by atoms with Crippen LogP contribution in [-0.4, -0.2) is 60.9 Å². The minimum atomic E-state index is -0.411. The minimum absolute atomic E-state index is 0.0950. The summed E-state index contributed by atoms with van der Waals surface area (Å²) in [5.74, 6) is -0.0389. The van der Waals surface area contributed by atoms with Gasteiger partial charge in [0.05, 0.1) is 5.92 Å². The van der Waals surface area contributed by atoms with Gasteiger partial charge < -0.3 is 14.7 Å².